The zero-order valence-corrected chi connectivity index (χ0v) is 15.7. The molecule has 8 heteroatoms. The quantitative estimate of drug-likeness (QED) is 0.656. The van der Waals surface area contributed by atoms with Gasteiger partial charge in [0.25, 0.3) is 0 Å². The first kappa shape index (κ1) is 20.1. The fourth-order valence-electron chi connectivity index (χ4n) is 2.83. The predicted molar refractivity (Wildman–Crippen MR) is 98.9 cm³/mol. The highest BCUT2D eigenvalue weighted by molar-refractivity contribution is 7.81. The van der Waals surface area contributed by atoms with Gasteiger partial charge in [-0.25, -0.2) is 9.59 Å². The normalized spacial score (nSPS) is 20.7. The minimum absolute atomic E-state index is 0.103. The van der Waals surface area contributed by atoms with E-state index in [-0.39, 0.29) is 24.3 Å². The molecule has 0 bridgehead atoms. The van der Waals surface area contributed by atoms with E-state index >= 15 is 0 Å². The van der Waals surface area contributed by atoms with Crippen LogP contribution < -0.4 is 5.32 Å². The summed E-state index contributed by atoms with van der Waals surface area (Å²) in [7, 11) is 0. The van der Waals surface area contributed by atoms with Gasteiger partial charge in [0.05, 0.1) is 0 Å². The Morgan fingerprint density at radius 1 is 1.31 bits per heavy atom. The number of aliphatic carboxylic acids is 1. The summed E-state index contributed by atoms with van der Waals surface area (Å²) in [6.45, 7) is 3.79. The van der Waals surface area contributed by atoms with Crippen LogP contribution in [0.5, 0.6) is 0 Å². The Morgan fingerprint density at radius 3 is 2.54 bits per heavy atom. The van der Waals surface area contributed by atoms with Gasteiger partial charge in [0, 0.05) is 11.8 Å². The van der Waals surface area contributed by atoms with E-state index in [9.17, 15) is 19.5 Å². The number of amides is 2. The number of likely N-dealkylation sites (tertiary alicyclic amines) is 1. The molecule has 3 atom stereocenters. The van der Waals surface area contributed by atoms with Crippen LogP contribution in [0.15, 0.2) is 30.3 Å². The molecular formula is C18H24N2O5S. The predicted octanol–water partition coefficient (Wildman–Crippen LogP) is 1.92. The zero-order valence-electron chi connectivity index (χ0n) is 14.8. The van der Waals surface area contributed by atoms with E-state index < -0.39 is 30.1 Å². The van der Waals surface area contributed by atoms with Crippen molar-refractivity contribution in [1.29, 1.82) is 0 Å². The number of carboxylic acids is 1. The van der Waals surface area contributed by atoms with Crippen molar-refractivity contribution in [2.75, 3.05) is 6.54 Å². The molecular weight excluding hydrogens is 356 g/mol. The van der Waals surface area contributed by atoms with Crippen molar-refractivity contribution in [3.8, 4) is 0 Å². The summed E-state index contributed by atoms with van der Waals surface area (Å²) < 4.78 is 5.30. The molecule has 7 nitrogen and oxygen atoms in total. The van der Waals surface area contributed by atoms with E-state index in [1.165, 1.54) is 4.90 Å². The van der Waals surface area contributed by atoms with E-state index in [2.05, 4.69) is 17.9 Å². The minimum atomic E-state index is -1.10. The molecule has 26 heavy (non-hydrogen) atoms. The molecule has 0 radical (unpaired) electrons. The van der Waals surface area contributed by atoms with E-state index in [4.69, 9.17) is 4.74 Å². The zero-order chi connectivity index (χ0) is 19.3. The molecule has 0 aliphatic carbocycles. The van der Waals surface area contributed by atoms with Gasteiger partial charge in [-0.05, 0) is 17.9 Å². The number of carbonyl (C=O) groups excluding carboxylic acids is 2. The van der Waals surface area contributed by atoms with Crippen LogP contribution in [0, 0.1) is 5.92 Å². The van der Waals surface area contributed by atoms with Crippen LogP contribution in [-0.4, -0.2) is 51.9 Å². The first-order chi connectivity index (χ1) is 12.3. The number of carbonyl (C=O) groups is 3. The van der Waals surface area contributed by atoms with Gasteiger partial charge >= 0.3 is 12.1 Å². The monoisotopic (exact) mass is 380 g/mol. The topological polar surface area (TPSA) is 95.9 Å². The Kier molecular flexibility index (Phi) is 6.90. The van der Waals surface area contributed by atoms with Crippen molar-refractivity contribution in [1.82, 2.24) is 10.2 Å². The molecule has 1 saturated heterocycles. The van der Waals surface area contributed by atoms with Crippen LogP contribution in [0.4, 0.5) is 4.79 Å². The van der Waals surface area contributed by atoms with Crippen molar-refractivity contribution < 1.29 is 24.2 Å². The van der Waals surface area contributed by atoms with Crippen LogP contribution in [-0.2, 0) is 20.9 Å². The Bertz CT molecular complexity index is 652. The summed E-state index contributed by atoms with van der Waals surface area (Å²) in [5.41, 5.74) is 0.842. The summed E-state index contributed by atoms with van der Waals surface area (Å²) in [4.78, 5) is 37.6. The van der Waals surface area contributed by atoms with Gasteiger partial charge in [0.15, 0.2) is 0 Å². The fraction of sp³-hybridized carbons (Fsp3) is 0.500. The number of carboxylic acid groups (broad SMARTS) is 1. The lowest BCUT2D eigenvalue weighted by Gasteiger charge is -2.26. The van der Waals surface area contributed by atoms with Crippen molar-refractivity contribution in [2.45, 2.75) is 44.2 Å². The van der Waals surface area contributed by atoms with Gasteiger partial charge in [-0.2, -0.15) is 12.6 Å². The molecule has 1 aliphatic rings. The van der Waals surface area contributed by atoms with Crippen LogP contribution >= 0.6 is 12.6 Å². The lowest BCUT2D eigenvalue weighted by Crippen LogP contribution is -2.52. The fourth-order valence-corrected chi connectivity index (χ4v) is 3.20. The van der Waals surface area contributed by atoms with Gasteiger partial charge in [0.2, 0.25) is 5.91 Å². The molecule has 2 amide bonds. The van der Waals surface area contributed by atoms with Crippen LogP contribution in [0.2, 0.25) is 0 Å². The van der Waals surface area contributed by atoms with Gasteiger partial charge in [-0.1, -0.05) is 44.2 Å². The Balaban J connectivity index is 2.01. The lowest BCUT2D eigenvalue weighted by molar-refractivity contribution is -0.143. The number of nitrogens with one attached hydrogen (secondary N) is 1. The van der Waals surface area contributed by atoms with Crippen LogP contribution in [0.1, 0.15) is 25.8 Å². The third kappa shape index (κ3) is 5.14. The third-order valence-corrected chi connectivity index (χ3v) is 4.63. The average molecular weight is 380 g/mol. The van der Waals surface area contributed by atoms with Gasteiger partial charge in [-0.3, -0.25) is 9.69 Å². The number of benzene rings is 1. The Morgan fingerprint density at radius 2 is 1.96 bits per heavy atom. The largest absolute Gasteiger partial charge is 0.480 e. The summed E-state index contributed by atoms with van der Waals surface area (Å²) in [6, 6.07) is 7.43. The maximum atomic E-state index is 12.5. The third-order valence-electron chi connectivity index (χ3n) is 4.25. The number of nitrogens with zero attached hydrogens (tertiary/aromatic N) is 1. The van der Waals surface area contributed by atoms with Gasteiger partial charge in [0.1, 0.15) is 18.7 Å². The van der Waals surface area contributed by atoms with E-state index in [0.29, 0.717) is 6.42 Å². The van der Waals surface area contributed by atoms with Crippen LogP contribution in [0.3, 0.4) is 0 Å². The summed E-state index contributed by atoms with van der Waals surface area (Å²) in [5.74, 6) is -1.88. The summed E-state index contributed by atoms with van der Waals surface area (Å²) in [5, 5.41) is 11.6. The molecule has 2 rings (SSSR count). The standard InChI is InChI=1S/C18H24N2O5S/c1-11(2)15(17(22)23)19-16(21)14-8-13(26)9-20(14)18(24)25-10-12-6-4-3-5-7-12/h3-7,11,13-15,26H,8-10H2,1-2H3,(H,19,21)(H,22,23)/t13-,14+,15+/m1/s1. The van der Waals surface area contributed by atoms with E-state index in [1.807, 2.05) is 30.3 Å². The first-order valence-corrected chi connectivity index (χ1v) is 8.99. The van der Waals surface area contributed by atoms with Crippen molar-refractivity contribution in [2.24, 2.45) is 5.92 Å². The molecule has 0 aromatic heterocycles. The van der Waals surface area contributed by atoms with Crippen molar-refractivity contribution in [3.05, 3.63) is 35.9 Å². The summed E-state index contributed by atoms with van der Waals surface area (Å²) in [6.07, 6.45) is -0.262. The smallest absolute Gasteiger partial charge is 0.410 e. The molecule has 2 N–H and O–H groups in total. The SMILES string of the molecule is CC(C)[C@H](NC(=O)[C@@H]1C[C@@H](S)CN1C(=O)OCc1ccccc1)C(=O)O. The van der Waals surface area contributed by atoms with Crippen LogP contribution in [0.25, 0.3) is 0 Å². The lowest BCUT2D eigenvalue weighted by atomic mass is 10.0. The highest BCUT2D eigenvalue weighted by atomic mass is 32.1. The molecule has 1 fully saturated rings. The average Bonchev–Trinajstić information content (AvgIpc) is 2.99. The number of hydrogen-bond donors (Lipinski definition) is 3. The second-order valence-electron chi connectivity index (χ2n) is 6.67. The second kappa shape index (κ2) is 8.93. The molecule has 1 aromatic rings. The molecule has 1 heterocycles. The number of thiol groups is 1. The Labute approximate surface area is 158 Å². The maximum absolute atomic E-state index is 12.5. The second-order valence-corrected chi connectivity index (χ2v) is 7.40. The first-order valence-electron chi connectivity index (χ1n) is 8.48. The van der Waals surface area contributed by atoms with Crippen molar-refractivity contribution >= 4 is 30.6 Å². The molecule has 1 aromatic carbocycles. The minimum Gasteiger partial charge on any atom is -0.480 e. The maximum Gasteiger partial charge on any atom is 0.410 e. The van der Waals surface area contributed by atoms with Gasteiger partial charge < -0.3 is 15.2 Å². The molecule has 0 unspecified atom stereocenters. The summed E-state index contributed by atoms with van der Waals surface area (Å²) >= 11 is 4.36. The molecule has 0 spiro atoms. The highest BCUT2D eigenvalue weighted by Crippen LogP contribution is 2.23. The molecule has 0 saturated carbocycles. The molecule has 142 valence electrons. The van der Waals surface area contributed by atoms with Crippen molar-refractivity contribution in [3.63, 3.8) is 0 Å². The van der Waals surface area contributed by atoms with E-state index in [1.54, 1.807) is 13.8 Å². The number of rotatable bonds is 6. The van der Waals surface area contributed by atoms with Gasteiger partial charge in [-0.15, -0.1) is 0 Å². The van der Waals surface area contributed by atoms with E-state index in [0.717, 1.165) is 5.56 Å². The molecule has 1 aliphatic heterocycles. The number of hydrogen-bond acceptors (Lipinski definition) is 5. The highest BCUT2D eigenvalue weighted by Gasteiger charge is 2.40. The Hall–Kier alpha value is -2.22. The number of ether oxygens (including phenoxy) is 1.